The second kappa shape index (κ2) is 9.28. The third kappa shape index (κ3) is 5.62. The lowest BCUT2D eigenvalue weighted by molar-refractivity contribution is -0.122. The zero-order valence-corrected chi connectivity index (χ0v) is 16.0. The molecule has 0 fully saturated rings. The number of nitrogens with one attached hydrogen (secondary N) is 1. The lowest BCUT2D eigenvalue weighted by Crippen LogP contribution is -2.36. The third-order valence-electron chi connectivity index (χ3n) is 4.49. The number of anilines is 1. The molecule has 144 valence electrons. The first-order valence-corrected chi connectivity index (χ1v) is 9.22. The van der Waals surface area contributed by atoms with Crippen molar-refractivity contribution in [1.82, 2.24) is 10.2 Å². The van der Waals surface area contributed by atoms with Crippen LogP contribution in [-0.2, 0) is 11.3 Å². The zero-order chi connectivity index (χ0) is 19.1. The van der Waals surface area contributed by atoms with Gasteiger partial charge in [0.15, 0.2) is 11.5 Å². The number of hydrogen-bond acceptors (Lipinski definition) is 5. The van der Waals surface area contributed by atoms with Gasteiger partial charge in [0.25, 0.3) is 0 Å². The van der Waals surface area contributed by atoms with E-state index in [1.807, 2.05) is 48.3 Å². The number of likely N-dealkylation sites (N-methyl/N-ethyl adjacent to an activating group) is 1. The molecule has 6 nitrogen and oxygen atoms in total. The lowest BCUT2D eigenvalue weighted by atomic mass is 10.2. The fraction of sp³-hybridized carbons (Fsp3) is 0.381. The average Bonchev–Trinajstić information content (AvgIpc) is 3.13. The maximum atomic E-state index is 12.1. The van der Waals surface area contributed by atoms with Crippen molar-refractivity contribution in [3.05, 3.63) is 54.1 Å². The number of fused-ring (bicyclic) bond motifs is 1. The molecule has 6 heteroatoms. The molecule has 0 spiro atoms. The average molecular weight is 369 g/mol. The summed E-state index contributed by atoms with van der Waals surface area (Å²) in [6, 6.07) is 16.1. The zero-order valence-electron chi connectivity index (χ0n) is 16.0. The summed E-state index contributed by atoms with van der Waals surface area (Å²) < 4.78 is 10.7. The van der Waals surface area contributed by atoms with Crippen molar-refractivity contribution in [3.63, 3.8) is 0 Å². The van der Waals surface area contributed by atoms with Crippen molar-refractivity contribution in [1.29, 1.82) is 0 Å². The highest BCUT2D eigenvalue weighted by molar-refractivity contribution is 5.77. The second-order valence-electron chi connectivity index (χ2n) is 6.82. The van der Waals surface area contributed by atoms with E-state index < -0.39 is 0 Å². The predicted molar refractivity (Wildman–Crippen MR) is 106 cm³/mol. The van der Waals surface area contributed by atoms with E-state index in [9.17, 15) is 4.79 Å². The Morgan fingerprint density at radius 3 is 2.67 bits per heavy atom. The molecule has 0 saturated heterocycles. The van der Waals surface area contributed by atoms with Crippen LogP contribution in [0.25, 0.3) is 0 Å². The topological polar surface area (TPSA) is 54.0 Å². The molecule has 1 N–H and O–H groups in total. The molecule has 0 saturated carbocycles. The van der Waals surface area contributed by atoms with Gasteiger partial charge in [-0.3, -0.25) is 9.69 Å². The van der Waals surface area contributed by atoms with Crippen LogP contribution in [0.4, 0.5) is 5.69 Å². The minimum Gasteiger partial charge on any atom is -0.454 e. The number of para-hydroxylation sites is 1. The van der Waals surface area contributed by atoms with E-state index in [2.05, 4.69) is 29.4 Å². The normalized spacial score (nSPS) is 12.3. The molecule has 0 unspecified atom stereocenters. The number of hydrogen-bond donors (Lipinski definition) is 1. The first kappa shape index (κ1) is 19.0. The summed E-state index contributed by atoms with van der Waals surface area (Å²) in [6.45, 7) is 2.89. The summed E-state index contributed by atoms with van der Waals surface area (Å²) in [7, 11) is 4.00. The smallest absolute Gasteiger partial charge is 0.234 e. The highest BCUT2D eigenvalue weighted by atomic mass is 16.7. The van der Waals surface area contributed by atoms with Crippen LogP contribution in [0.3, 0.4) is 0 Å². The Labute approximate surface area is 160 Å². The van der Waals surface area contributed by atoms with Crippen LogP contribution in [0.5, 0.6) is 11.5 Å². The maximum Gasteiger partial charge on any atom is 0.234 e. The molecule has 3 rings (SSSR count). The molecule has 0 atom stereocenters. The number of carbonyl (C=O) groups excluding carboxylic acids is 1. The van der Waals surface area contributed by atoms with Crippen LogP contribution in [0.1, 0.15) is 12.0 Å². The number of amides is 1. The van der Waals surface area contributed by atoms with Crippen molar-refractivity contribution in [2.75, 3.05) is 45.4 Å². The lowest BCUT2D eigenvalue weighted by Gasteiger charge is -2.20. The summed E-state index contributed by atoms with van der Waals surface area (Å²) in [5.74, 6) is 1.59. The molecular formula is C21H27N3O3. The third-order valence-corrected chi connectivity index (χ3v) is 4.49. The van der Waals surface area contributed by atoms with Gasteiger partial charge in [0.1, 0.15) is 0 Å². The standard InChI is InChI=1S/C21H27N3O3/c1-23(14-17-9-10-19-20(13-17)27-16-26-19)15-21(25)22-11-6-12-24(2)18-7-4-3-5-8-18/h3-5,7-10,13H,6,11-12,14-16H2,1-2H3,(H,22,25). The summed E-state index contributed by atoms with van der Waals surface area (Å²) >= 11 is 0. The molecule has 1 aliphatic heterocycles. The predicted octanol–water partition coefficient (Wildman–Crippen LogP) is 2.49. The Morgan fingerprint density at radius 2 is 1.85 bits per heavy atom. The summed E-state index contributed by atoms with van der Waals surface area (Å²) in [6.07, 6.45) is 0.906. The van der Waals surface area contributed by atoms with Crippen LogP contribution in [-0.4, -0.2) is 51.3 Å². The van der Waals surface area contributed by atoms with Crippen molar-refractivity contribution >= 4 is 11.6 Å². The molecule has 0 bridgehead atoms. The number of rotatable bonds is 9. The fourth-order valence-corrected chi connectivity index (χ4v) is 3.06. The van der Waals surface area contributed by atoms with Crippen LogP contribution in [0.2, 0.25) is 0 Å². The maximum absolute atomic E-state index is 12.1. The number of ether oxygens (including phenoxy) is 2. The van der Waals surface area contributed by atoms with Crippen LogP contribution >= 0.6 is 0 Å². The molecule has 27 heavy (non-hydrogen) atoms. The summed E-state index contributed by atoms with van der Waals surface area (Å²) in [4.78, 5) is 16.3. The van der Waals surface area contributed by atoms with Crippen molar-refractivity contribution in [2.24, 2.45) is 0 Å². The Hall–Kier alpha value is -2.73. The van der Waals surface area contributed by atoms with Crippen molar-refractivity contribution in [2.45, 2.75) is 13.0 Å². The van der Waals surface area contributed by atoms with E-state index in [4.69, 9.17) is 9.47 Å². The van der Waals surface area contributed by atoms with Gasteiger partial charge in [-0.2, -0.15) is 0 Å². The van der Waals surface area contributed by atoms with Gasteiger partial charge in [-0.25, -0.2) is 0 Å². The van der Waals surface area contributed by atoms with Crippen molar-refractivity contribution in [3.8, 4) is 11.5 Å². The van der Waals surface area contributed by atoms with E-state index in [-0.39, 0.29) is 12.7 Å². The van der Waals surface area contributed by atoms with Crippen LogP contribution in [0, 0.1) is 0 Å². The first-order valence-electron chi connectivity index (χ1n) is 9.22. The van der Waals surface area contributed by atoms with Gasteiger partial charge < -0.3 is 19.7 Å². The molecular weight excluding hydrogens is 342 g/mol. The van der Waals surface area contributed by atoms with Gasteiger partial charge in [-0.05, 0) is 43.3 Å². The molecule has 0 aliphatic carbocycles. The van der Waals surface area contributed by atoms with Crippen molar-refractivity contribution < 1.29 is 14.3 Å². The van der Waals surface area contributed by atoms with Gasteiger partial charge >= 0.3 is 0 Å². The number of nitrogens with zero attached hydrogens (tertiary/aromatic N) is 2. The quantitative estimate of drug-likeness (QED) is 0.689. The Morgan fingerprint density at radius 1 is 1.07 bits per heavy atom. The molecule has 1 amide bonds. The summed E-state index contributed by atoms with van der Waals surface area (Å²) in [5.41, 5.74) is 2.28. The van der Waals surface area contributed by atoms with E-state index in [1.54, 1.807) is 0 Å². The first-order chi connectivity index (χ1) is 13.1. The highest BCUT2D eigenvalue weighted by Crippen LogP contribution is 2.32. The second-order valence-corrected chi connectivity index (χ2v) is 6.82. The molecule has 2 aromatic carbocycles. The van der Waals surface area contributed by atoms with Gasteiger partial charge in [-0.1, -0.05) is 24.3 Å². The van der Waals surface area contributed by atoms with Crippen LogP contribution < -0.4 is 19.7 Å². The van der Waals surface area contributed by atoms with Crippen LogP contribution in [0.15, 0.2) is 48.5 Å². The number of benzene rings is 2. The largest absolute Gasteiger partial charge is 0.454 e. The number of carbonyl (C=O) groups is 1. The molecule has 0 radical (unpaired) electrons. The van der Waals surface area contributed by atoms with Gasteiger partial charge in [0.2, 0.25) is 12.7 Å². The fourth-order valence-electron chi connectivity index (χ4n) is 3.06. The van der Waals surface area contributed by atoms with Gasteiger partial charge in [0.05, 0.1) is 6.54 Å². The monoisotopic (exact) mass is 369 g/mol. The molecule has 1 heterocycles. The minimum atomic E-state index is 0.0422. The van der Waals surface area contributed by atoms with Gasteiger partial charge in [-0.15, -0.1) is 0 Å². The Balaban J connectivity index is 1.34. The van der Waals surface area contributed by atoms with E-state index in [1.165, 1.54) is 5.69 Å². The Bertz CT molecular complexity index is 752. The summed E-state index contributed by atoms with van der Waals surface area (Å²) in [5, 5.41) is 3.00. The van der Waals surface area contributed by atoms with Gasteiger partial charge in [0, 0.05) is 32.4 Å². The van der Waals surface area contributed by atoms with E-state index >= 15 is 0 Å². The minimum absolute atomic E-state index is 0.0422. The van der Waals surface area contributed by atoms with E-state index in [0.29, 0.717) is 19.6 Å². The SMILES string of the molecule is CN(CC(=O)NCCCN(C)c1ccccc1)Cc1ccc2c(c1)OCO2. The molecule has 2 aromatic rings. The highest BCUT2D eigenvalue weighted by Gasteiger charge is 2.14. The Kier molecular flexibility index (Phi) is 6.54. The molecule has 0 aromatic heterocycles. The van der Waals surface area contributed by atoms with E-state index in [0.717, 1.165) is 30.0 Å². The molecule has 1 aliphatic rings.